The van der Waals surface area contributed by atoms with Crippen molar-refractivity contribution >= 4 is 52.5 Å². The normalized spacial score (nSPS) is 11.6. The molecule has 6 N–H and O–H groups in total. The summed E-state index contributed by atoms with van der Waals surface area (Å²) in [6.07, 6.45) is 6.93. The molecule has 0 aliphatic carbocycles. The van der Waals surface area contributed by atoms with E-state index in [1.54, 1.807) is 14.1 Å². The zero-order valence-electron chi connectivity index (χ0n) is 29.0. The molecule has 51 heavy (non-hydrogen) atoms. The molecule has 0 bridgehead atoms. The Labute approximate surface area is 290 Å². The van der Waals surface area contributed by atoms with E-state index in [1.807, 2.05) is 13.8 Å². The molecule has 0 saturated carbocycles. The number of anilines is 3. The van der Waals surface area contributed by atoms with Gasteiger partial charge in [-0.05, 0) is 25.7 Å². The smallest absolute Gasteiger partial charge is 0.343 e. The summed E-state index contributed by atoms with van der Waals surface area (Å²) < 4.78 is 15.0. The molecule has 22 nitrogen and oxygen atoms in total. The summed E-state index contributed by atoms with van der Waals surface area (Å²) >= 11 is 0. The van der Waals surface area contributed by atoms with E-state index in [0.29, 0.717) is 24.2 Å². The van der Waals surface area contributed by atoms with Crippen LogP contribution in [0.1, 0.15) is 71.6 Å². The Hall–Kier alpha value is -6.61. The number of methoxy groups -OCH3 is 2. The fraction of sp³-hybridized carbons (Fsp3) is 0.414. The zero-order chi connectivity index (χ0) is 36.8. The van der Waals surface area contributed by atoms with Gasteiger partial charge in [-0.25, -0.2) is 19.0 Å². The molecule has 0 atom stereocenters. The first-order valence-corrected chi connectivity index (χ1v) is 15.8. The van der Waals surface area contributed by atoms with Crippen LogP contribution < -0.4 is 17.2 Å². The van der Waals surface area contributed by atoms with Gasteiger partial charge in [0.2, 0.25) is 5.95 Å². The number of rotatable bonds is 14. The number of nitrogens with two attached hydrogens (primary N) is 3. The van der Waals surface area contributed by atoms with Crippen molar-refractivity contribution in [3.63, 3.8) is 0 Å². The van der Waals surface area contributed by atoms with E-state index in [4.69, 9.17) is 26.7 Å². The van der Waals surface area contributed by atoms with E-state index in [1.165, 1.54) is 45.3 Å². The Kier molecular flexibility index (Phi) is 10.7. The van der Waals surface area contributed by atoms with Gasteiger partial charge in [-0.15, -0.1) is 20.5 Å². The number of carbonyl (C=O) groups excluding carboxylic acids is 2. The van der Waals surface area contributed by atoms with E-state index in [0.717, 1.165) is 25.7 Å². The Morgan fingerprint density at radius 3 is 1.47 bits per heavy atom. The fourth-order valence-electron chi connectivity index (χ4n) is 4.85. The third kappa shape index (κ3) is 7.23. The van der Waals surface area contributed by atoms with Gasteiger partial charge in [0.15, 0.2) is 34.6 Å². The number of esters is 2. The van der Waals surface area contributed by atoms with Crippen LogP contribution >= 0.6 is 0 Å². The summed E-state index contributed by atoms with van der Waals surface area (Å²) in [5.74, 6) is -1.09. The van der Waals surface area contributed by atoms with Crippen LogP contribution in [-0.4, -0.2) is 80.2 Å². The molecule has 0 unspecified atom stereocenters. The molecule has 22 heteroatoms. The van der Waals surface area contributed by atoms with Crippen molar-refractivity contribution in [1.29, 1.82) is 0 Å². The molecule has 0 spiro atoms. The summed E-state index contributed by atoms with van der Waals surface area (Å²) in [4.78, 5) is 37.6. The molecule has 5 heterocycles. The number of unbranched alkanes of at least 4 members (excludes halogenated alkanes) is 2. The van der Waals surface area contributed by atoms with Crippen LogP contribution in [0, 0.1) is 0 Å². The van der Waals surface area contributed by atoms with E-state index < -0.39 is 11.9 Å². The highest BCUT2D eigenvalue weighted by molar-refractivity contribution is 5.94. The molecule has 0 aliphatic heterocycles. The highest BCUT2D eigenvalue weighted by atomic mass is 16.5. The average molecular weight is 703 g/mol. The minimum atomic E-state index is -0.622. The number of carbonyl (C=O) groups is 2. The summed E-state index contributed by atoms with van der Waals surface area (Å²) in [5, 5.41) is 34.7. The van der Waals surface area contributed by atoms with Gasteiger partial charge in [-0.1, -0.05) is 26.7 Å². The molecule has 5 rings (SSSR count). The molecule has 0 amide bonds. The molecule has 0 saturated heterocycles. The van der Waals surface area contributed by atoms with Crippen molar-refractivity contribution in [2.45, 2.75) is 52.4 Å². The molecular formula is C29H38N18O4. The van der Waals surface area contributed by atoms with Crippen molar-refractivity contribution < 1.29 is 19.1 Å². The molecule has 0 radical (unpaired) electrons. The monoisotopic (exact) mass is 702 g/mol. The van der Waals surface area contributed by atoms with Gasteiger partial charge >= 0.3 is 11.9 Å². The van der Waals surface area contributed by atoms with Crippen LogP contribution in [-0.2, 0) is 36.4 Å². The largest absolute Gasteiger partial charge is 0.465 e. The lowest BCUT2D eigenvalue weighted by Gasteiger charge is -2.07. The van der Waals surface area contributed by atoms with Gasteiger partial charge in [-0.2, -0.15) is 44.7 Å². The molecule has 268 valence electrons. The number of ether oxygens (including phenoxy) is 2. The zero-order valence-corrected chi connectivity index (χ0v) is 29.0. The Morgan fingerprint density at radius 2 is 1.10 bits per heavy atom. The van der Waals surface area contributed by atoms with E-state index in [2.05, 4.69) is 55.8 Å². The Bertz CT molecular complexity index is 1980. The number of nitrogens with zero attached hydrogens (tertiary/aromatic N) is 15. The Morgan fingerprint density at radius 1 is 0.686 bits per heavy atom. The van der Waals surface area contributed by atoms with Gasteiger partial charge in [-0.3, -0.25) is 0 Å². The number of nitrogen functional groups attached to an aromatic ring is 3. The predicted octanol–water partition coefficient (Wildman–Crippen LogP) is 3.55. The van der Waals surface area contributed by atoms with Crippen LogP contribution in [0.2, 0.25) is 0 Å². The van der Waals surface area contributed by atoms with Crippen molar-refractivity contribution in [1.82, 2.24) is 54.1 Å². The van der Waals surface area contributed by atoms with E-state index in [-0.39, 0.29) is 63.6 Å². The number of azo groups is 2. The van der Waals surface area contributed by atoms with Crippen molar-refractivity contribution in [3.05, 3.63) is 34.9 Å². The fourth-order valence-corrected chi connectivity index (χ4v) is 4.85. The van der Waals surface area contributed by atoms with Crippen LogP contribution in [0.25, 0.3) is 11.9 Å². The quantitative estimate of drug-likeness (QED) is 0.110. The van der Waals surface area contributed by atoms with Gasteiger partial charge in [0.05, 0.1) is 38.0 Å². The third-order valence-corrected chi connectivity index (χ3v) is 7.59. The summed E-state index contributed by atoms with van der Waals surface area (Å²) in [6.45, 7) is 4.06. The van der Waals surface area contributed by atoms with Crippen LogP contribution in [0.5, 0.6) is 0 Å². The summed E-state index contributed by atoms with van der Waals surface area (Å²) in [7, 11) is 5.74. The average Bonchev–Trinajstić information content (AvgIpc) is 3.86. The van der Waals surface area contributed by atoms with E-state index in [9.17, 15) is 9.59 Å². The minimum absolute atomic E-state index is 0.0456. The third-order valence-electron chi connectivity index (χ3n) is 7.59. The number of hydrogen-bond donors (Lipinski definition) is 3. The number of aromatic nitrogens is 11. The number of aryl methyl sites for hydroxylation is 4. The van der Waals surface area contributed by atoms with Crippen molar-refractivity contribution in [3.8, 4) is 11.9 Å². The standard InChI is InChI=1S/C29H38N18O4/c1-7-9-11-17-19(38-40-23-15(25(48)50-5)13-33-44(23)3)21(30)46(42-17)28-35-27(32)36-29(37-28)47-22(31)20(18(43-47)12-10-8-2)39-41-24-16(26(49)51-6)14-34-45(24)4/h13-14H,7-12,30-31H2,1-6H3,(H2,32,35,36,37)/b40-38+,41-39+. The van der Waals surface area contributed by atoms with Crippen LogP contribution in [0.4, 0.5) is 40.6 Å². The molecule has 5 aromatic heterocycles. The van der Waals surface area contributed by atoms with Gasteiger partial charge < -0.3 is 26.7 Å². The second kappa shape index (κ2) is 15.3. The minimum Gasteiger partial charge on any atom is -0.465 e. The Balaban J connectivity index is 1.58. The lowest BCUT2D eigenvalue weighted by Crippen LogP contribution is -2.15. The highest BCUT2D eigenvalue weighted by Gasteiger charge is 2.24. The molecular weight excluding hydrogens is 664 g/mol. The number of hydrogen-bond acceptors (Lipinski definition) is 18. The SMILES string of the molecule is CCCCc1nn(-c2nc(N)nc(-n3nc(CCCC)c(/N=N/c4c(C(=O)OC)cnn4C)c3N)n2)c(N)c1/N=N/c1c(C(=O)OC)cnn1C. The maximum absolute atomic E-state index is 12.3. The second-order valence-corrected chi connectivity index (χ2v) is 11.1. The lowest BCUT2D eigenvalue weighted by molar-refractivity contribution is 0.0592. The highest BCUT2D eigenvalue weighted by Crippen LogP contribution is 2.34. The summed E-state index contributed by atoms with van der Waals surface area (Å²) in [5.41, 5.74) is 21.1. The first-order chi connectivity index (χ1) is 24.5. The maximum Gasteiger partial charge on any atom is 0.343 e. The second-order valence-electron chi connectivity index (χ2n) is 11.1. The molecule has 0 aliphatic rings. The van der Waals surface area contributed by atoms with Crippen molar-refractivity contribution in [2.24, 2.45) is 34.6 Å². The lowest BCUT2D eigenvalue weighted by atomic mass is 10.2. The van der Waals surface area contributed by atoms with Gasteiger partial charge in [0.1, 0.15) is 11.1 Å². The maximum atomic E-state index is 12.3. The van der Waals surface area contributed by atoms with Gasteiger partial charge in [0.25, 0.3) is 11.9 Å². The van der Waals surface area contributed by atoms with Gasteiger partial charge in [0, 0.05) is 14.1 Å². The first kappa shape index (κ1) is 35.7. The van der Waals surface area contributed by atoms with E-state index >= 15 is 0 Å². The molecule has 5 aromatic rings. The van der Waals surface area contributed by atoms with Crippen molar-refractivity contribution in [2.75, 3.05) is 31.4 Å². The molecule has 0 aromatic carbocycles. The summed E-state index contributed by atoms with van der Waals surface area (Å²) in [6, 6.07) is 0. The molecule has 0 fully saturated rings. The van der Waals surface area contributed by atoms with Crippen LogP contribution in [0.3, 0.4) is 0 Å². The first-order valence-electron chi connectivity index (χ1n) is 15.8. The predicted molar refractivity (Wildman–Crippen MR) is 182 cm³/mol. The van der Waals surface area contributed by atoms with Crippen LogP contribution in [0.15, 0.2) is 32.9 Å². The topological polar surface area (TPSA) is 290 Å².